The van der Waals surface area contributed by atoms with Gasteiger partial charge < -0.3 is 4.74 Å². The molecule has 0 aromatic heterocycles. The van der Waals surface area contributed by atoms with Gasteiger partial charge in [0.2, 0.25) is 0 Å². The fourth-order valence-electron chi connectivity index (χ4n) is 1.67. The van der Waals surface area contributed by atoms with Crippen LogP contribution in [-0.4, -0.2) is 18.4 Å². The van der Waals surface area contributed by atoms with E-state index in [0.717, 1.165) is 12.1 Å². The smallest absolute Gasteiger partial charge is 0.341 e. The van der Waals surface area contributed by atoms with Crippen LogP contribution in [0.4, 0.5) is 8.78 Å². The minimum absolute atomic E-state index is 0.00433. The molecule has 0 bridgehead atoms. The lowest BCUT2D eigenvalue weighted by atomic mass is 10.1. The van der Waals surface area contributed by atoms with E-state index in [4.69, 9.17) is 39.5 Å². The first-order valence-electron chi connectivity index (χ1n) is 6.10. The molecule has 2 aromatic rings. The predicted octanol–water partition coefficient (Wildman–Crippen LogP) is 4.96. The highest BCUT2D eigenvalue weighted by Crippen LogP contribution is 2.31. The highest BCUT2D eigenvalue weighted by atomic mass is 35.5. The number of benzene rings is 2. The van der Waals surface area contributed by atoms with Gasteiger partial charge in [-0.05, 0) is 30.3 Å². The van der Waals surface area contributed by atoms with Gasteiger partial charge in [-0.15, -0.1) is 0 Å². The van der Waals surface area contributed by atoms with E-state index in [0.29, 0.717) is 6.07 Å². The molecule has 0 heterocycles. The van der Waals surface area contributed by atoms with Gasteiger partial charge in [0.1, 0.15) is 0 Å². The molecule has 0 unspecified atom stereocenters. The lowest BCUT2D eigenvalue weighted by Gasteiger charge is -2.08. The SMILES string of the molecule is O=C(COC(=O)c1c(Cl)ccc(Cl)c1Cl)c1ccc(F)c(F)c1. The number of ketones is 1. The van der Waals surface area contributed by atoms with Crippen LogP contribution in [0, 0.1) is 11.6 Å². The summed E-state index contributed by atoms with van der Waals surface area (Å²) in [5.74, 6) is -3.94. The van der Waals surface area contributed by atoms with E-state index in [1.165, 1.54) is 12.1 Å². The van der Waals surface area contributed by atoms with Gasteiger partial charge in [-0.1, -0.05) is 34.8 Å². The molecule has 23 heavy (non-hydrogen) atoms. The van der Waals surface area contributed by atoms with Crippen molar-refractivity contribution >= 4 is 46.6 Å². The van der Waals surface area contributed by atoms with Crippen molar-refractivity contribution in [3.8, 4) is 0 Å². The fourth-order valence-corrected chi connectivity index (χ4v) is 2.35. The normalized spacial score (nSPS) is 10.5. The summed E-state index contributed by atoms with van der Waals surface area (Å²) in [7, 11) is 0. The van der Waals surface area contributed by atoms with E-state index in [9.17, 15) is 18.4 Å². The molecule has 0 aliphatic carbocycles. The number of hydrogen-bond donors (Lipinski definition) is 0. The van der Waals surface area contributed by atoms with Crippen LogP contribution in [0.3, 0.4) is 0 Å². The zero-order chi connectivity index (χ0) is 17.1. The lowest BCUT2D eigenvalue weighted by Crippen LogP contribution is -2.15. The topological polar surface area (TPSA) is 43.4 Å². The van der Waals surface area contributed by atoms with E-state index in [-0.39, 0.29) is 26.2 Å². The Morgan fingerprint density at radius 1 is 0.957 bits per heavy atom. The third-order valence-corrected chi connectivity index (χ3v) is 3.94. The third kappa shape index (κ3) is 3.99. The van der Waals surface area contributed by atoms with E-state index >= 15 is 0 Å². The van der Waals surface area contributed by atoms with E-state index in [2.05, 4.69) is 0 Å². The maximum absolute atomic E-state index is 13.1. The van der Waals surface area contributed by atoms with Crippen LogP contribution < -0.4 is 0 Å². The van der Waals surface area contributed by atoms with Gasteiger partial charge in [-0.2, -0.15) is 0 Å². The van der Waals surface area contributed by atoms with Crippen LogP contribution >= 0.6 is 34.8 Å². The minimum atomic E-state index is -1.18. The molecule has 2 aromatic carbocycles. The Morgan fingerprint density at radius 3 is 2.26 bits per heavy atom. The molecule has 0 saturated heterocycles. The van der Waals surface area contributed by atoms with Gasteiger partial charge in [0.05, 0.1) is 20.6 Å². The molecule has 0 saturated carbocycles. The minimum Gasteiger partial charge on any atom is -0.454 e. The molecule has 8 heteroatoms. The van der Waals surface area contributed by atoms with Gasteiger partial charge in [0.15, 0.2) is 24.0 Å². The van der Waals surface area contributed by atoms with E-state index < -0.39 is 30.0 Å². The number of carbonyl (C=O) groups excluding carboxylic acids is 2. The molecule has 0 aliphatic rings. The molecule has 0 aliphatic heterocycles. The Kier molecular flexibility index (Phi) is 5.57. The summed E-state index contributed by atoms with van der Waals surface area (Å²) in [6.07, 6.45) is 0. The molecule has 0 radical (unpaired) electrons. The molecule has 120 valence electrons. The monoisotopic (exact) mass is 378 g/mol. The van der Waals surface area contributed by atoms with Crippen molar-refractivity contribution in [2.24, 2.45) is 0 Å². The number of esters is 1. The summed E-state index contributed by atoms with van der Waals surface area (Å²) in [5, 5.41) is -0.0101. The number of carbonyl (C=O) groups is 2. The fraction of sp³-hybridized carbons (Fsp3) is 0.0667. The maximum atomic E-state index is 13.1. The van der Waals surface area contributed by atoms with Gasteiger partial charge in [0, 0.05) is 5.56 Å². The number of ether oxygens (including phenoxy) is 1. The Labute approximate surface area is 144 Å². The largest absolute Gasteiger partial charge is 0.454 e. The quantitative estimate of drug-likeness (QED) is 0.428. The molecule has 0 atom stereocenters. The average molecular weight is 380 g/mol. The number of rotatable bonds is 4. The Hall–Kier alpha value is -1.69. The number of Topliss-reactive ketones (excluding diaryl/α,β-unsaturated/α-hetero) is 1. The van der Waals surface area contributed by atoms with Crippen LogP contribution in [0.15, 0.2) is 30.3 Å². The van der Waals surface area contributed by atoms with E-state index in [1.54, 1.807) is 0 Å². The standard InChI is InChI=1S/C15H7Cl3F2O3/c16-8-2-3-9(17)14(18)13(8)15(22)23-6-12(21)7-1-4-10(19)11(20)5-7/h1-5H,6H2. The predicted molar refractivity (Wildman–Crippen MR) is 82.4 cm³/mol. The van der Waals surface area contributed by atoms with Gasteiger partial charge in [-0.25, -0.2) is 13.6 Å². The zero-order valence-electron chi connectivity index (χ0n) is 11.2. The molecule has 0 spiro atoms. The van der Waals surface area contributed by atoms with Crippen molar-refractivity contribution < 1.29 is 23.1 Å². The van der Waals surface area contributed by atoms with Crippen molar-refractivity contribution in [3.05, 3.63) is 68.2 Å². The number of halogens is 5. The molecular weight excluding hydrogens is 373 g/mol. The Bertz CT molecular complexity index is 794. The van der Waals surface area contributed by atoms with Crippen molar-refractivity contribution in [2.45, 2.75) is 0 Å². The van der Waals surface area contributed by atoms with Crippen molar-refractivity contribution in [3.63, 3.8) is 0 Å². The van der Waals surface area contributed by atoms with Gasteiger partial charge in [0.25, 0.3) is 0 Å². The molecule has 0 N–H and O–H groups in total. The first-order chi connectivity index (χ1) is 10.8. The average Bonchev–Trinajstić information content (AvgIpc) is 2.51. The van der Waals surface area contributed by atoms with Crippen molar-refractivity contribution in [1.29, 1.82) is 0 Å². The van der Waals surface area contributed by atoms with Crippen LogP contribution in [-0.2, 0) is 4.74 Å². The second-order valence-electron chi connectivity index (χ2n) is 4.35. The first-order valence-corrected chi connectivity index (χ1v) is 7.23. The van der Waals surface area contributed by atoms with Crippen LogP contribution in [0.25, 0.3) is 0 Å². The third-order valence-electron chi connectivity index (χ3n) is 2.82. The molecule has 0 amide bonds. The molecule has 3 nitrogen and oxygen atoms in total. The van der Waals surface area contributed by atoms with Gasteiger partial charge >= 0.3 is 5.97 Å². The van der Waals surface area contributed by atoms with Gasteiger partial charge in [-0.3, -0.25) is 4.79 Å². The van der Waals surface area contributed by atoms with Crippen LogP contribution in [0.1, 0.15) is 20.7 Å². The summed E-state index contributed by atoms with van der Waals surface area (Å²) < 4.78 is 30.7. The Morgan fingerprint density at radius 2 is 1.61 bits per heavy atom. The maximum Gasteiger partial charge on any atom is 0.341 e. The van der Waals surface area contributed by atoms with Crippen molar-refractivity contribution in [2.75, 3.05) is 6.61 Å². The molecule has 0 fully saturated rings. The lowest BCUT2D eigenvalue weighted by molar-refractivity contribution is 0.0475. The van der Waals surface area contributed by atoms with Crippen molar-refractivity contribution in [1.82, 2.24) is 0 Å². The molecular formula is C15H7Cl3F2O3. The molecule has 2 rings (SSSR count). The highest BCUT2D eigenvalue weighted by Gasteiger charge is 2.20. The second kappa shape index (κ2) is 7.25. The van der Waals surface area contributed by atoms with Crippen LogP contribution in [0.5, 0.6) is 0 Å². The summed E-state index contributed by atoms with van der Waals surface area (Å²) in [6, 6.07) is 5.34. The summed E-state index contributed by atoms with van der Waals surface area (Å²) in [4.78, 5) is 23.8. The van der Waals surface area contributed by atoms with E-state index in [1.807, 2.05) is 0 Å². The number of hydrogen-bond acceptors (Lipinski definition) is 3. The highest BCUT2D eigenvalue weighted by molar-refractivity contribution is 6.46. The summed E-state index contributed by atoms with van der Waals surface area (Å²) in [6.45, 7) is -0.691. The second-order valence-corrected chi connectivity index (χ2v) is 5.54. The first kappa shape index (κ1) is 17.7. The summed E-state index contributed by atoms with van der Waals surface area (Å²) in [5.41, 5.74) is -0.320. The van der Waals surface area contributed by atoms with Crippen LogP contribution in [0.2, 0.25) is 15.1 Å². The summed E-state index contributed by atoms with van der Waals surface area (Å²) >= 11 is 17.5. The zero-order valence-corrected chi connectivity index (χ0v) is 13.5. The Balaban J connectivity index is 2.11.